The second-order valence-electron chi connectivity index (χ2n) is 7.37. The number of carbonyl (C=O) groups is 1. The van der Waals surface area contributed by atoms with Crippen molar-refractivity contribution < 1.29 is 13.9 Å². The molecular formula is C24H25N7O3. The molecule has 0 unspecified atom stereocenters. The lowest BCUT2D eigenvalue weighted by Crippen LogP contribution is -2.09. The molecule has 0 aliphatic rings. The van der Waals surface area contributed by atoms with Crippen LogP contribution in [0.1, 0.15) is 18.1 Å². The molecule has 2 heterocycles. The molecule has 4 N–H and O–H groups in total. The number of urea groups is 1. The number of benzene rings is 2. The molecule has 0 aliphatic carbocycles. The number of amides is 2. The molecule has 0 spiro atoms. The van der Waals surface area contributed by atoms with Gasteiger partial charge < -0.3 is 25.5 Å². The number of aliphatic imine (C=N–C) groups is 1. The molecule has 0 radical (unpaired) electrons. The molecule has 10 nitrogen and oxygen atoms in total. The molecule has 2 aromatic carbocycles. The Morgan fingerprint density at radius 3 is 2.94 bits per heavy atom. The fourth-order valence-corrected chi connectivity index (χ4v) is 3.30. The van der Waals surface area contributed by atoms with Crippen molar-refractivity contribution in [1.29, 1.82) is 0 Å². The van der Waals surface area contributed by atoms with Crippen molar-refractivity contribution in [2.45, 2.75) is 20.5 Å². The molecule has 2 amide bonds. The molecule has 0 saturated heterocycles. The number of ether oxygens (including phenoxy) is 1. The van der Waals surface area contributed by atoms with Gasteiger partial charge in [-0.05, 0) is 55.3 Å². The quantitative estimate of drug-likeness (QED) is 0.258. The molecule has 0 saturated carbocycles. The van der Waals surface area contributed by atoms with E-state index in [2.05, 4.69) is 25.7 Å². The van der Waals surface area contributed by atoms with Crippen LogP contribution in [-0.2, 0) is 11.3 Å². The number of nitrogens with one attached hydrogen (secondary N) is 2. The van der Waals surface area contributed by atoms with E-state index in [0.29, 0.717) is 36.2 Å². The molecule has 34 heavy (non-hydrogen) atoms. The zero-order chi connectivity index (χ0) is 23.9. The second kappa shape index (κ2) is 10.5. The Bertz CT molecular complexity index is 1300. The Kier molecular flexibility index (Phi) is 6.99. The van der Waals surface area contributed by atoms with Gasteiger partial charge in [0, 0.05) is 35.9 Å². The van der Waals surface area contributed by atoms with Crippen LogP contribution in [0.15, 0.2) is 70.5 Å². The molecule has 0 bridgehead atoms. The van der Waals surface area contributed by atoms with Crippen LogP contribution in [0.25, 0.3) is 17.0 Å². The second-order valence-corrected chi connectivity index (χ2v) is 7.37. The summed E-state index contributed by atoms with van der Waals surface area (Å²) in [7, 11) is 0. The topological polar surface area (TPSA) is 133 Å². The van der Waals surface area contributed by atoms with Gasteiger partial charge in [-0.15, -0.1) is 0 Å². The maximum absolute atomic E-state index is 11.9. The van der Waals surface area contributed by atoms with E-state index < -0.39 is 6.03 Å². The summed E-state index contributed by atoms with van der Waals surface area (Å²) in [5.41, 5.74) is 10.1. The minimum atomic E-state index is -0.589. The van der Waals surface area contributed by atoms with Gasteiger partial charge in [-0.2, -0.15) is 10.1 Å². The Morgan fingerprint density at radius 1 is 1.29 bits per heavy atom. The number of hydrogen-bond donors (Lipinski definition) is 3. The third kappa shape index (κ3) is 5.48. The number of nitrogens with zero attached hydrogens (tertiary/aromatic N) is 4. The Morgan fingerprint density at radius 2 is 2.18 bits per heavy atom. The smallest absolute Gasteiger partial charge is 0.346 e. The number of aromatic nitrogens is 3. The number of aryl methyl sites for hydroxylation is 1. The number of carbonyl (C=O) groups excluding carboxylic acids is 1. The molecule has 174 valence electrons. The third-order valence-corrected chi connectivity index (χ3v) is 4.94. The summed E-state index contributed by atoms with van der Waals surface area (Å²) in [5.74, 6) is 0.512. The average Bonchev–Trinajstić information content (AvgIpc) is 3.52. The van der Waals surface area contributed by atoms with Crippen LogP contribution in [0.3, 0.4) is 0 Å². The van der Waals surface area contributed by atoms with Gasteiger partial charge in [-0.1, -0.05) is 12.1 Å². The zero-order valence-corrected chi connectivity index (χ0v) is 18.9. The maximum atomic E-state index is 11.9. The van der Waals surface area contributed by atoms with Crippen molar-refractivity contribution in [1.82, 2.24) is 14.8 Å². The van der Waals surface area contributed by atoms with Crippen LogP contribution in [0.4, 0.5) is 22.2 Å². The third-order valence-electron chi connectivity index (χ3n) is 4.94. The highest BCUT2D eigenvalue weighted by molar-refractivity contribution is 5.94. The Balaban J connectivity index is 1.62. The minimum Gasteiger partial charge on any atom is -0.423 e. The molecule has 0 fully saturated rings. The van der Waals surface area contributed by atoms with Crippen LogP contribution in [0, 0.1) is 6.92 Å². The fourth-order valence-electron chi connectivity index (χ4n) is 3.30. The highest BCUT2D eigenvalue weighted by Gasteiger charge is 2.13. The van der Waals surface area contributed by atoms with Gasteiger partial charge in [0.1, 0.15) is 0 Å². The summed E-state index contributed by atoms with van der Waals surface area (Å²) < 4.78 is 13.2. The van der Waals surface area contributed by atoms with Gasteiger partial charge in [-0.3, -0.25) is 0 Å². The lowest BCUT2D eigenvalue weighted by Gasteiger charge is -2.10. The number of oxazole rings is 1. The molecule has 10 heteroatoms. The van der Waals surface area contributed by atoms with E-state index in [0.717, 1.165) is 28.8 Å². The number of anilines is 3. The molecule has 4 aromatic rings. The molecule has 4 rings (SSSR count). The van der Waals surface area contributed by atoms with Crippen molar-refractivity contribution in [2.24, 2.45) is 10.7 Å². The summed E-state index contributed by atoms with van der Waals surface area (Å²) in [4.78, 5) is 19.8. The summed E-state index contributed by atoms with van der Waals surface area (Å²) >= 11 is 0. The first-order chi connectivity index (χ1) is 16.6. The molecule has 0 aliphatic heterocycles. The van der Waals surface area contributed by atoms with Crippen LogP contribution in [0.2, 0.25) is 0 Å². The molecule has 2 aromatic heterocycles. The summed E-state index contributed by atoms with van der Waals surface area (Å²) in [5, 5.41) is 10.2. The first-order valence-electron chi connectivity index (χ1n) is 10.7. The predicted octanol–water partition coefficient (Wildman–Crippen LogP) is 4.63. The lowest BCUT2D eigenvalue weighted by atomic mass is 10.1. The van der Waals surface area contributed by atoms with Crippen LogP contribution in [-0.4, -0.2) is 33.7 Å². The molecule has 0 atom stereocenters. The fraction of sp³-hybridized carbons (Fsp3) is 0.167. The first-order valence-corrected chi connectivity index (χ1v) is 10.7. The van der Waals surface area contributed by atoms with Crippen LogP contribution < -0.4 is 16.4 Å². The monoisotopic (exact) mass is 459 g/mol. The number of rotatable bonds is 8. The first kappa shape index (κ1) is 22.7. The van der Waals surface area contributed by atoms with Gasteiger partial charge in [0.15, 0.2) is 5.76 Å². The standard InChI is InChI=1S/C24H25N7O3/c1-3-33-14-17-6-5-16(2)21(9-17)30-24-26-13-22(34-24)18-10-19(29-23(32)27-15-25)12-20(11-18)31-8-4-7-28-31/h4-13,15H,3,14H2,1-2H3,(H,26,30)(H3,25,27,29,32). The number of hydrogen-bond acceptors (Lipinski definition) is 6. The highest BCUT2D eigenvalue weighted by atomic mass is 16.5. The van der Waals surface area contributed by atoms with E-state index in [4.69, 9.17) is 14.9 Å². The van der Waals surface area contributed by atoms with Crippen molar-refractivity contribution in [3.05, 3.63) is 72.2 Å². The van der Waals surface area contributed by atoms with Gasteiger partial charge in [0.25, 0.3) is 6.01 Å². The Labute approximate surface area is 196 Å². The van der Waals surface area contributed by atoms with Gasteiger partial charge in [0.05, 0.1) is 24.8 Å². The van der Waals surface area contributed by atoms with E-state index in [1.54, 1.807) is 35.4 Å². The lowest BCUT2D eigenvalue weighted by molar-refractivity contribution is 0.134. The van der Waals surface area contributed by atoms with E-state index in [9.17, 15) is 4.79 Å². The molecular weight excluding hydrogens is 434 g/mol. The van der Waals surface area contributed by atoms with Gasteiger partial charge in [-0.25, -0.2) is 14.5 Å². The van der Waals surface area contributed by atoms with Gasteiger partial charge in [0.2, 0.25) is 0 Å². The normalized spacial score (nSPS) is 11.1. The predicted molar refractivity (Wildman–Crippen MR) is 131 cm³/mol. The van der Waals surface area contributed by atoms with E-state index in [1.165, 1.54) is 0 Å². The summed E-state index contributed by atoms with van der Waals surface area (Å²) in [6.07, 6.45) is 6.02. The van der Waals surface area contributed by atoms with E-state index in [1.807, 2.05) is 44.2 Å². The van der Waals surface area contributed by atoms with E-state index >= 15 is 0 Å². The highest BCUT2D eigenvalue weighted by Crippen LogP contribution is 2.30. The number of nitrogens with two attached hydrogens (primary N) is 1. The SMILES string of the molecule is CCOCc1ccc(C)c(Nc2ncc(-c3cc(NC(=O)/N=C\N)cc(-n4cccn4)c3)o2)c1. The van der Waals surface area contributed by atoms with E-state index in [-0.39, 0.29) is 0 Å². The maximum Gasteiger partial charge on any atom is 0.346 e. The minimum absolute atomic E-state index is 0.342. The van der Waals surface area contributed by atoms with Crippen LogP contribution >= 0.6 is 0 Å². The van der Waals surface area contributed by atoms with Crippen LogP contribution in [0.5, 0.6) is 0 Å². The average molecular weight is 460 g/mol. The van der Waals surface area contributed by atoms with Gasteiger partial charge >= 0.3 is 6.03 Å². The summed E-state index contributed by atoms with van der Waals surface area (Å²) in [6, 6.07) is 13.0. The van der Waals surface area contributed by atoms with Crippen molar-refractivity contribution in [3.63, 3.8) is 0 Å². The van der Waals surface area contributed by atoms with Crippen molar-refractivity contribution in [2.75, 3.05) is 17.2 Å². The zero-order valence-electron chi connectivity index (χ0n) is 18.9. The Hall–Kier alpha value is -4.44. The van der Waals surface area contributed by atoms with Crippen molar-refractivity contribution in [3.8, 4) is 17.0 Å². The largest absolute Gasteiger partial charge is 0.423 e. The summed E-state index contributed by atoms with van der Waals surface area (Å²) in [6.45, 7) is 5.15. The van der Waals surface area contributed by atoms with Crippen molar-refractivity contribution >= 4 is 29.8 Å².